The molecule has 1 aromatic heterocycles. The lowest BCUT2D eigenvalue weighted by molar-refractivity contribution is 0.202. The molecule has 1 aromatic carbocycles. The highest BCUT2D eigenvalue weighted by atomic mass is 35.5. The van der Waals surface area contributed by atoms with Crippen molar-refractivity contribution in [3.63, 3.8) is 0 Å². The molecule has 0 bridgehead atoms. The number of aryl methyl sites for hydroxylation is 1. The number of benzene rings is 1. The van der Waals surface area contributed by atoms with Gasteiger partial charge in [-0.05, 0) is 55.7 Å². The number of nitrogens with zero attached hydrogens (tertiary/aromatic N) is 3. The minimum atomic E-state index is 0.291. The fourth-order valence-corrected chi connectivity index (χ4v) is 4.32. The number of hydrogen-bond donors (Lipinski definition) is 2. The van der Waals surface area contributed by atoms with E-state index in [0.717, 1.165) is 62.7 Å². The molecule has 5 nitrogen and oxygen atoms in total. The summed E-state index contributed by atoms with van der Waals surface area (Å²) in [5.74, 6) is 1.28. The fraction of sp³-hybridized carbons (Fsp3) is 0.524. The minimum absolute atomic E-state index is 0.291. The number of halogens is 1. The van der Waals surface area contributed by atoms with Gasteiger partial charge in [-0.3, -0.25) is 0 Å². The van der Waals surface area contributed by atoms with E-state index in [1.807, 2.05) is 24.4 Å². The zero-order chi connectivity index (χ0) is 18.6. The Balaban J connectivity index is 1.44. The number of aliphatic hydroxyl groups excluding tert-OH is 1. The normalized spacial score (nSPS) is 20.5. The smallest absolute Gasteiger partial charge is 0.225 e. The highest BCUT2D eigenvalue weighted by Gasteiger charge is 2.25. The molecule has 0 spiro atoms. The summed E-state index contributed by atoms with van der Waals surface area (Å²) in [6, 6.07) is 8.29. The first-order valence-corrected chi connectivity index (χ1v) is 10.3. The van der Waals surface area contributed by atoms with Crippen LogP contribution in [0, 0.1) is 5.92 Å². The summed E-state index contributed by atoms with van der Waals surface area (Å²) in [7, 11) is 0. The zero-order valence-electron chi connectivity index (χ0n) is 15.6. The van der Waals surface area contributed by atoms with Gasteiger partial charge in [0.25, 0.3) is 0 Å². The number of rotatable bonds is 5. The average molecular weight is 387 g/mol. The third-order valence-electron chi connectivity index (χ3n) is 5.77. The Bertz CT molecular complexity index is 777. The van der Waals surface area contributed by atoms with E-state index in [2.05, 4.69) is 21.3 Å². The van der Waals surface area contributed by atoms with Gasteiger partial charge in [0.05, 0.1) is 5.69 Å². The monoisotopic (exact) mass is 386 g/mol. The van der Waals surface area contributed by atoms with Crippen LogP contribution in [0.25, 0.3) is 0 Å². The van der Waals surface area contributed by atoms with Gasteiger partial charge in [-0.15, -0.1) is 0 Å². The van der Waals surface area contributed by atoms with Crippen LogP contribution in [0.15, 0.2) is 30.5 Å². The zero-order valence-corrected chi connectivity index (χ0v) is 16.3. The van der Waals surface area contributed by atoms with E-state index in [1.165, 1.54) is 16.8 Å². The number of hydrogen-bond acceptors (Lipinski definition) is 5. The van der Waals surface area contributed by atoms with Crippen molar-refractivity contribution in [3.05, 3.63) is 52.3 Å². The maximum atomic E-state index is 9.32. The third-order valence-corrected chi connectivity index (χ3v) is 6.00. The summed E-state index contributed by atoms with van der Waals surface area (Å²) in [6.07, 6.45) is 7.32. The molecule has 2 heterocycles. The number of fused-ring (bicyclic) bond motifs is 1. The Morgan fingerprint density at radius 3 is 2.85 bits per heavy atom. The average Bonchev–Trinajstić information content (AvgIpc) is 2.72. The second kappa shape index (κ2) is 8.55. The second-order valence-electron chi connectivity index (χ2n) is 7.64. The first kappa shape index (κ1) is 18.7. The number of aliphatic hydroxyl groups is 1. The number of piperidine rings is 1. The van der Waals surface area contributed by atoms with Gasteiger partial charge in [0.15, 0.2) is 0 Å². The molecule has 1 atom stereocenters. The Hall–Kier alpha value is -1.69. The summed E-state index contributed by atoms with van der Waals surface area (Å²) >= 11 is 6.09. The minimum Gasteiger partial charge on any atom is -0.396 e. The molecule has 6 heteroatoms. The van der Waals surface area contributed by atoms with Gasteiger partial charge < -0.3 is 15.3 Å². The predicted molar refractivity (Wildman–Crippen MR) is 108 cm³/mol. The molecule has 1 fully saturated rings. The van der Waals surface area contributed by atoms with Gasteiger partial charge in [-0.25, -0.2) is 9.97 Å². The predicted octanol–water partition coefficient (Wildman–Crippen LogP) is 3.51. The largest absolute Gasteiger partial charge is 0.396 e. The molecule has 0 radical (unpaired) electrons. The van der Waals surface area contributed by atoms with Gasteiger partial charge in [0.1, 0.15) is 0 Å². The molecule has 2 aliphatic rings. The molecule has 0 amide bonds. The Morgan fingerprint density at radius 2 is 2.07 bits per heavy atom. The van der Waals surface area contributed by atoms with Crippen LogP contribution in [0.2, 0.25) is 5.02 Å². The molecular formula is C21H27ClN4O. The van der Waals surface area contributed by atoms with Crippen molar-refractivity contribution in [2.24, 2.45) is 5.92 Å². The molecule has 1 aliphatic heterocycles. The Morgan fingerprint density at radius 1 is 1.22 bits per heavy atom. The molecule has 27 heavy (non-hydrogen) atoms. The molecular weight excluding hydrogens is 360 g/mol. The van der Waals surface area contributed by atoms with E-state index in [-0.39, 0.29) is 0 Å². The molecule has 0 unspecified atom stereocenters. The lowest BCUT2D eigenvalue weighted by Crippen LogP contribution is -2.36. The lowest BCUT2D eigenvalue weighted by atomic mass is 9.92. The van der Waals surface area contributed by atoms with Crippen LogP contribution in [0.5, 0.6) is 0 Å². The van der Waals surface area contributed by atoms with E-state index in [9.17, 15) is 5.11 Å². The summed E-state index contributed by atoms with van der Waals surface area (Å²) in [5, 5.41) is 13.7. The quantitative estimate of drug-likeness (QED) is 0.823. The molecule has 2 aromatic rings. The molecule has 0 saturated carbocycles. The lowest BCUT2D eigenvalue weighted by Gasteiger charge is -2.32. The number of aromatic nitrogens is 2. The van der Waals surface area contributed by atoms with Crippen LogP contribution >= 0.6 is 11.6 Å². The van der Waals surface area contributed by atoms with Crippen LogP contribution in [-0.2, 0) is 13.0 Å². The van der Waals surface area contributed by atoms with E-state index in [1.54, 1.807) is 0 Å². The van der Waals surface area contributed by atoms with Crippen LogP contribution in [0.1, 0.15) is 48.5 Å². The molecule has 1 aliphatic carbocycles. The van der Waals surface area contributed by atoms with Crippen LogP contribution < -0.4 is 10.2 Å². The van der Waals surface area contributed by atoms with E-state index in [0.29, 0.717) is 18.6 Å². The van der Waals surface area contributed by atoms with E-state index >= 15 is 0 Å². The van der Waals surface area contributed by atoms with Gasteiger partial charge in [-0.1, -0.05) is 23.7 Å². The summed E-state index contributed by atoms with van der Waals surface area (Å²) in [4.78, 5) is 11.8. The van der Waals surface area contributed by atoms with Crippen molar-refractivity contribution in [2.75, 3.05) is 24.6 Å². The van der Waals surface area contributed by atoms with Gasteiger partial charge in [-0.2, -0.15) is 0 Å². The topological polar surface area (TPSA) is 61.3 Å². The molecule has 4 rings (SSSR count). The highest BCUT2D eigenvalue weighted by Crippen LogP contribution is 2.30. The molecule has 144 valence electrons. The Labute approximate surface area is 165 Å². The standard InChI is InChI=1S/C21H27ClN4O/c22-17-4-1-3-16(11-17)12-23-19-5-2-6-20-18(19)13-24-21(25-20)26-9-7-15(14-27)8-10-26/h1,3-4,11,13,15,19,23,27H,2,5-10,12,14H2/t19-/m1/s1. The first-order chi connectivity index (χ1) is 13.2. The summed E-state index contributed by atoms with van der Waals surface area (Å²) in [5.41, 5.74) is 3.61. The fourth-order valence-electron chi connectivity index (χ4n) is 4.10. The second-order valence-corrected chi connectivity index (χ2v) is 8.08. The number of nitrogens with one attached hydrogen (secondary N) is 1. The number of anilines is 1. The van der Waals surface area contributed by atoms with Crippen molar-refractivity contribution in [2.45, 2.75) is 44.7 Å². The van der Waals surface area contributed by atoms with Crippen molar-refractivity contribution in [1.29, 1.82) is 0 Å². The van der Waals surface area contributed by atoms with Crippen molar-refractivity contribution in [1.82, 2.24) is 15.3 Å². The highest BCUT2D eigenvalue weighted by molar-refractivity contribution is 6.30. The van der Waals surface area contributed by atoms with Crippen molar-refractivity contribution < 1.29 is 5.11 Å². The van der Waals surface area contributed by atoms with E-state index in [4.69, 9.17) is 16.6 Å². The van der Waals surface area contributed by atoms with Crippen LogP contribution in [-0.4, -0.2) is 34.8 Å². The van der Waals surface area contributed by atoms with Crippen LogP contribution in [0.3, 0.4) is 0 Å². The SMILES string of the molecule is OCC1CCN(c2ncc3c(n2)CCC[C@H]3NCc2cccc(Cl)c2)CC1. The maximum absolute atomic E-state index is 9.32. The van der Waals surface area contributed by atoms with Gasteiger partial charge in [0, 0.05) is 49.1 Å². The third kappa shape index (κ3) is 4.42. The van der Waals surface area contributed by atoms with Crippen LogP contribution in [0.4, 0.5) is 5.95 Å². The first-order valence-electron chi connectivity index (χ1n) is 9.92. The molecule has 1 saturated heterocycles. The maximum Gasteiger partial charge on any atom is 0.225 e. The summed E-state index contributed by atoms with van der Waals surface area (Å²) in [6.45, 7) is 2.95. The Kier molecular flexibility index (Phi) is 5.91. The van der Waals surface area contributed by atoms with Gasteiger partial charge in [0.2, 0.25) is 5.95 Å². The summed E-state index contributed by atoms with van der Waals surface area (Å²) < 4.78 is 0. The molecule has 2 N–H and O–H groups in total. The van der Waals surface area contributed by atoms with Crippen molar-refractivity contribution in [3.8, 4) is 0 Å². The van der Waals surface area contributed by atoms with Gasteiger partial charge >= 0.3 is 0 Å². The van der Waals surface area contributed by atoms with Crippen molar-refractivity contribution >= 4 is 17.5 Å². The van der Waals surface area contributed by atoms with E-state index < -0.39 is 0 Å².